The zero-order valence-corrected chi connectivity index (χ0v) is 16.6. The van der Waals surface area contributed by atoms with Gasteiger partial charge in [0.2, 0.25) is 21.8 Å². The van der Waals surface area contributed by atoms with Gasteiger partial charge in [-0.05, 0) is 62.2 Å². The molecule has 2 amide bonds. The van der Waals surface area contributed by atoms with Crippen LogP contribution in [0.5, 0.6) is 0 Å². The van der Waals surface area contributed by atoms with E-state index in [1.807, 2.05) is 6.92 Å². The second-order valence-electron chi connectivity index (χ2n) is 6.38. The molecule has 2 rings (SSSR count). The van der Waals surface area contributed by atoms with Crippen LogP contribution in [-0.4, -0.2) is 31.3 Å². The summed E-state index contributed by atoms with van der Waals surface area (Å²) in [6.07, 6.45) is 0. The van der Waals surface area contributed by atoms with Crippen LogP contribution >= 0.6 is 0 Å². The number of aromatic nitrogens is 1. The number of carbonyl (C=O) groups excluding carboxylic acids is 2. The second-order valence-corrected chi connectivity index (χ2v) is 8.09. The Bertz CT molecular complexity index is 980. The number of carbonyl (C=O) groups is 2. The SMILES string of the molecule is Cc1cc(N)nc(C)c1CNC(=O)C(C)NS(=O)(=O)c1ccc(C(N)=O)cc1. The van der Waals surface area contributed by atoms with Crippen molar-refractivity contribution in [2.75, 3.05) is 5.73 Å². The van der Waals surface area contributed by atoms with E-state index >= 15 is 0 Å². The Morgan fingerprint density at radius 3 is 2.32 bits per heavy atom. The molecule has 1 unspecified atom stereocenters. The maximum Gasteiger partial charge on any atom is 0.248 e. The van der Waals surface area contributed by atoms with Crippen LogP contribution in [0.1, 0.15) is 34.1 Å². The molecule has 0 aliphatic carbocycles. The molecule has 2 aromatic rings. The Balaban J connectivity index is 2.04. The van der Waals surface area contributed by atoms with E-state index in [1.165, 1.54) is 31.2 Å². The molecule has 0 fully saturated rings. The molecule has 1 atom stereocenters. The maximum atomic E-state index is 12.4. The van der Waals surface area contributed by atoms with Gasteiger partial charge in [-0.2, -0.15) is 4.72 Å². The lowest BCUT2D eigenvalue weighted by molar-refractivity contribution is -0.122. The summed E-state index contributed by atoms with van der Waals surface area (Å²) in [5, 5.41) is 2.69. The van der Waals surface area contributed by atoms with Gasteiger partial charge in [-0.3, -0.25) is 9.59 Å². The minimum absolute atomic E-state index is 0.0772. The molecular weight excluding hydrogens is 382 g/mol. The van der Waals surface area contributed by atoms with Gasteiger partial charge in [0, 0.05) is 17.8 Å². The number of sulfonamides is 1. The molecule has 0 aliphatic heterocycles. The summed E-state index contributed by atoms with van der Waals surface area (Å²) in [6, 6.07) is 5.81. The number of rotatable bonds is 7. The van der Waals surface area contributed by atoms with Crippen LogP contribution in [0.4, 0.5) is 5.82 Å². The topological polar surface area (TPSA) is 157 Å². The molecule has 150 valence electrons. The summed E-state index contributed by atoms with van der Waals surface area (Å²) in [5.74, 6) is -0.756. The van der Waals surface area contributed by atoms with Gasteiger partial charge in [0.25, 0.3) is 0 Å². The molecule has 0 radical (unpaired) electrons. The highest BCUT2D eigenvalue weighted by Gasteiger charge is 2.22. The molecule has 9 nitrogen and oxygen atoms in total. The highest BCUT2D eigenvalue weighted by molar-refractivity contribution is 7.89. The van der Waals surface area contributed by atoms with Crippen molar-refractivity contribution in [3.05, 3.63) is 52.7 Å². The maximum absolute atomic E-state index is 12.4. The second kappa shape index (κ2) is 8.36. The molecular formula is C18H23N5O4S. The van der Waals surface area contributed by atoms with Gasteiger partial charge >= 0.3 is 0 Å². The lowest BCUT2D eigenvalue weighted by atomic mass is 10.1. The van der Waals surface area contributed by atoms with Crippen molar-refractivity contribution in [1.82, 2.24) is 15.0 Å². The van der Waals surface area contributed by atoms with Crippen LogP contribution in [0.25, 0.3) is 0 Å². The fourth-order valence-electron chi connectivity index (χ4n) is 2.64. The first kappa shape index (κ1) is 21.3. The Morgan fingerprint density at radius 2 is 1.79 bits per heavy atom. The van der Waals surface area contributed by atoms with Crippen LogP contribution in [0, 0.1) is 13.8 Å². The monoisotopic (exact) mass is 405 g/mol. The molecule has 0 aliphatic rings. The van der Waals surface area contributed by atoms with Crippen LogP contribution in [0.2, 0.25) is 0 Å². The molecule has 1 heterocycles. The van der Waals surface area contributed by atoms with Gasteiger partial charge in [-0.1, -0.05) is 0 Å². The minimum Gasteiger partial charge on any atom is -0.384 e. The van der Waals surface area contributed by atoms with Gasteiger partial charge in [0.05, 0.1) is 10.9 Å². The van der Waals surface area contributed by atoms with E-state index in [9.17, 15) is 18.0 Å². The molecule has 1 aromatic heterocycles. The number of nitrogens with one attached hydrogen (secondary N) is 2. The summed E-state index contributed by atoms with van der Waals surface area (Å²) in [5.41, 5.74) is 13.4. The number of nitrogens with zero attached hydrogens (tertiary/aromatic N) is 1. The Kier molecular flexibility index (Phi) is 6.37. The number of nitrogen functional groups attached to an aromatic ring is 1. The van der Waals surface area contributed by atoms with Gasteiger partial charge < -0.3 is 16.8 Å². The van der Waals surface area contributed by atoms with E-state index < -0.39 is 27.9 Å². The van der Waals surface area contributed by atoms with Crippen molar-refractivity contribution in [1.29, 1.82) is 0 Å². The molecule has 1 aromatic carbocycles. The largest absolute Gasteiger partial charge is 0.384 e. The van der Waals surface area contributed by atoms with Crippen molar-refractivity contribution >= 4 is 27.7 Å². The first-order chi connectivity index (χ1) is 13.0. The van der Waals surface area contributed by atoms with E-state index in [1.54, 1.807) is 13.0 Å². The third-order valence-electron chi connectivity index (χ3n) is 4.19. The predicted octanol–water partition coefficient (Wildman–Crippen LogP) is 0.363. The predicted molar refractivity (Wildman–Crippen MR) is 105 cm³/mol. The molecule has 0 bridgehead atoms. The molecule has 0 spiro atoms. The number of hydrogen-bond donors (Lipinski definition) is 4. The number of pyridine rings is 1. The summed E-state index contributed by atoms with van der Waals surface area (Å²) in [7, 11) is -3.94. The van der Waals surface area contributed by atoms with Gasteiger partial charge in [-0.15, -0.1) is 0 Å². The van der Waals surface area contributed by atoms with E-state index in [4.69, 9.17) is 11.5 Å². The number of anilines is 1. The number of hydrogen-bond acceptors (Lipinski definition) is 6. The van der Waals surface area contributed by atoms with Crippen LogP contribution in [0.3, 0.4) is 0 Å². The van der Waals surface area contributed by atoms with E-state index in [0.29, 0.717) is 11.5 Å². The lowest BCUT2D eigenvalue weighted by Crippen LogP contribution is -2.44. The standard InChI is InChI=1S/C18H23N5O4S/c1-10-8-16(19)22-11(2)15(10)9-21-18(25)12(3)23-28(26,27)14-6-4-13(5-7-14)17(20)24/h4-8,12,23H,9H2,1-3H3,(H2,19,22)(H2,20,24)(H,21,25). The van der Waals surface area contributed by atoms with E-state index in [0.717, 1.165) is 11.1 Å². The molecule has 28 heavy (non-hydrogen) atoms. The Morgan fingerprint density at radius 1 is 1.18 bits per heavy atom. The molecule has 10 heteroatoms. The summed E-state index contributed by atoms with van der Waals surface area (Å²) in [4.78, 5) is 27.5. The number of amides is 2. The van der Waals surface area contributed by atoms with Crippen LogP contribution in [-0.2, 0) is 21.4 Å². The van der Waals surface area contributed by atoms with Crippen LogP contribution < -0.4 is 21.5 Å². The Labute approximate surface area is 163 Å². The van der Waals surface area contributed by atoms with Crippen molar-refractivity contribution in [2.24, 2.45) is 5.73 Å². The number of nitrogens with two attached hydrogens (primary N) is 2. The van der Waals surface area contributed by atoms with E-state index in [-0.39, 0.29) is 17.0 Å². The molecule has 6 N–H and O–H groups in total. The summed E-state index contributed by atoms with van der Waals surface area (Å²) in [6.45, 7) is 5.27. The first-order valence-corrected chi connectivity index (χ1v) is 9.92. The quantitative estimate of drug-likeness (QED) is 0.521. The first-order valence-electron chi connectivity index (χ1n) is 8.43. The smallest absolute Gasteiger partial charge is 0.248 e. The zero-order valence-electron chi connectivity index (χ0n) is 15.8. The number of primary amides is 1. The van der Waals surface area contributed by atoms with Crippen molar-refractivity contribution in [2.45, 2.75) is 38.3 Å². The van der Waals surface area contributed by atoms with E-state index in [2.05, 4.69) is 15.0 Å². The fraction of sp³-hybridized carbons (Fsp3) is 0.278. The Hall–Kier alpha value is -2.98. The minimum atomic E-state index is -3.94. The fourth-order valence-corrected chi connectivity index (χ4v) is 3.84. The highest BCUT2D eigenvalue weighted by atomic mass is 32.2. The summed E-state index contributed by atoms with van der Waals surface area (Å²) < 4.78 is 27.1. The van der Waals surface area contributed by atoms with Gasteiger partial charge in [-0.25, -0.2) is 13.4 Å². The average Bonchev–Trinajstić information content (AvgIpc) is 2.60. The molecule has 0 saturated carbocycles. The van der Waals surface area contributed by atoms with Crippen LogP contribution in [0.15, 0.2) is 35.2 Å². The molecule has 0 saturated heterocycles. The summed E-state index contributed by atoms with van der Waals surface area (Å²) >= 11 is 0. The third-order valence-corrected chi connectivity index (χ3v) is 5.74. The number of benzene rings is 1. The average molecular weight is 405 g/mol. The highest BCUT2D eigenvalue weighted by Crippen LogP contribution is 2.15. The normalized spacial score (nSPS) is 12.4. The number of aryl methyl sites for hydroxylation is 2. The van der Waals surface area contributed by atoms with Gasteiger partial charge in [0.1, 0.15) is 5.82 Å². The van der Waals surface area contributed by atoms with Crippen molar-refractivity contribution in [3.8, 4) is 0 Å². The van der Waals surface area contributed by atoms with Crippen molar-refractivity contribution < 1.29 is 18.0 Å². The third kappa shape index (κ3) is 5.05. The zero-order chi connectivity index (χ0) is 21.1. The van der Waals surface area contributed by atoms with Crippen molar-refractivity contribution in [3.63, 3.8) is 0 Å². The van der Waals surface area contributed by atoms with Gasteiger partial charge in [0.15, 0.2) is 0 Å². The lowest BCUT2D eigenvalue weighted by Gasteiger charge is -2.16.